The third-order valence-corrected chi connectivity index (χ3v) is 3.23. The zero-order chi connectivity index (χ0) is 22.1. The fourth-order valence-electron chi connectivity index (χ4n) is 2.02. The normalized spacial score (nSPS) is 10.3. The molecule has 11 heteroatoms. The third-order valence-electron chi connectivity index (χ3n) is 3.23. The van der Waals surface area contributed by atoms with Crippen molar-refractivity contribution >= 4 is 29.6 Å². The van der Waals surface area contributed by atoms with Gasteiger partial charge in [0, 0.05) is 33.5 Å². The van der Waals surface area contributed by atoms with Crippen molar-refractivity contribution in [2.45, 2.75) is 27.2 Å². The SMILES string of the molecule is CC(=O)CN(CCOC(C)=O)CCOC(=O)COCC(=O)OCCCNC(C)=O. The molecule has 29 heavy (non-hydrogen) atoms. The van der Waals surface area contributed by atoms with Crippen LogP contribution >= 0.6 is 0 Å². The highest BCUT2D eigenvalue weighted by Crippen LogP contribution is 1.93. The van der Waals surface area contributed by atoms with Crippen molar-refractivity contribution in [1.29, 1.82) is 0 Å². The first kappa shape index (κ1) is 26.5. The van der Waals surface area contributed by atoms with Crippen LogP contribution in [0.3, 0.4) is 0 Å². The summed E-state index contributed by atoms with van der Waals surface area (Å²) < 4.78 is 19.6. The first-order chi connectivity index (χ1) is 13.7. The lowest BCUT2D eigenvalue weighted by Gasteiger charge is -2.20. The van der Waals surface area contributed by atoms with Gasteiger partial charge in [0.2, 0.25) is 5.91 Å². The lowest BCUT2D eigenvalue weighted by atomic mass is 10.4. The van der Waals surface area contributed by atoms with Crippen molar-refractivity contribution in [2.75, 3.05) is 59.2 Å². The summed E-state index contributed by atoms with van der Waals surface area (Å²) in [5.41, 5.74) is 0. The van der Waals surface area contributed by atoms with Gasteiger partial charge in [-0.1, -0.05) is 0 Å². The van der Waals surface area contributed by atoms with E-state index < -0.39 is 31.1 Å². The number of hydrogen-bond donors (Lipinski definition) is 1. The van der Waals surface area contributed by atoms with E-state index in [0.29, 0.717) is 19.5 Å². The lowest BCUT2D eigenvalue weighted by molar-refractivity contribution is -0.155. The molecular formula is C18H30N2O9. The summed E-state index contributed by atoms with van der Waals surface area (Å²) in [7, 11) is 0. The first-order valence-electron chi connectivity index (χ1n) is 9.19. The Kier molecular flexibility index (Phi) is 15.0. The van der Waals surface area contributed by atoms with Crippen LogP contribution in [0.2, 0.25) is 0 Å². The molecule has 0 aromatic heterocycles. The molecule has 0 aromatic carbocycles. The van der Waals surface area contributed by atoms with E-state index >= 15 is 0 Å². The Bertz CT molecular complexity index is 551. The highest BCUT2D eigenvalue weighted by atomic mass is 16.6. The fraction of sp³-hybridized carbons (Fsp3) is 0.722. The number of hydrogen-bond acceptors (Lipinski definition) is 10. The lowest BCUT2D eigenvalue weighted by Crippen LogP contribution is -2.35. The summed E-state index contributed by atoms with van der Waals surface area (Å²) in [5.74, 6) is -1.93. The molecule has 0 aromatic rings. The van der Waals surface area contributed by atoms with E-state index in [1.807, 2.05) is 0 Å². The number of nitrogens with one attached hydrogen (secondary N) is 1. The average Bonchev–Trinajstić information content (AvgIpc) is 2.60. The van der Waals surface area contributed by atoms with Crippen molar-refractivity contribution in [3.63, 3.8) is 0 Å². The van der Waals surface area contributed by atoms with Gasteiger partial charge in [0.1, 0.15) is 32.2 Å². The van der Waals surface area contributed by atoms with Gasteiger partial charge in [-0.3, -0.25) is 19.3 Å². The van der Waals surface area contributed by atoms with Gasteiger partial charge in [-0.25, -0.2) is 9.59 Å². The van der Waals surface area contributed by atoms with E-state index in [1.165, 1.54) is 20.8 Å². The molecule has 0 atom stereocenters. The maximum Gasteiger partial charge on any atom is 0.332 e. The Morgan fingerprint density at radius 3 is 1.86 bits per heavy atom. The quantitative estimate of drug-likeness (QED) is 0.190. The molecule has 0 rings (SSSR count). The van der Waals surface area contributed by atoms with Crippen LogP contribution in [-0.2, 0) is 42.9 Å². The average molecular weight is 418 g/mol. The molecule has 0 bridgehead atoms. The minimum absolute atomic E-state index is 0.0170. The number of amides is 1. The van der Waals surface area contributed by atoms with Crippen LogP contribution in [-0.4, -0.2) is 93.7 Å². The summed E-state index contributed by atoms with van der Waals surface area (Å²) in [5, 5.41) is 2.56. The second-order valence-electron chi connectivity index (χ2n) is 6.09. The van der Waals surface area contributed by atoms with Crippen molar-refractivity contribution < 1.29 is 42.9 Å². The van der Waals surface area contributed by atoms with E-state index in [1.54, 1.807) is 4.90 Å². The van der Waals surface area contributed by atoms with Gasteiger partial charge in [-0.05, 0) is 13.3 Å². The molecule has 0 radical (unpaired) electrons. The number of carbonyl (C=O) groups excluding carboxylic acids is 5. The van der Waals surface area contributed by atoms with Crippen LogP contribution in [0.25, 0.3) is 0 Å². The van der Waals surface area contributed by atoms with Crippen LogP contribution < -0.4 is 5.32 Å². The first-order valence-corrected chi connectivity index (χ1v) is 9.19. The van der Waals surface area contributed by atoms with Gasteiger partial charge in [-0.2, -0.15) is 0 Å². The number of Topliss-reactive ketones (excluding diaryl/α,β-unsaturated/α-hetero) is 1. The summed E-state index contributed by atoms with van der Waals surface area (Å²) in [6.45, 7) is 4.74. The van der Waals surface area contributed by atoms with E-state index in [2.05, 4.69) is 5.32 Å². The Labute approximate surface area is 170 Å². The predicted molar refractivity (Wildman–Crippen MR) is 99.8 cm³/mol. The number of ether oxygens (including phenoxy) is 4. The van der Waals surface area contributed by atoms with E-state index in [0.717, 1.165) is 0 Å². The molecule has 0 aliphatic heterocycles. The van der Waals surface area contributed by atoms with Gasteiger partial charge in [0.05, 0.1) is 13.2 Å². The molecule has 0 heterocycles. The van der Waals surface area contributed by atoms with E-state index in [-0.39, 0.29) is 44.6 Å². The van der Waals surface area contributed by atoms with Gasteiger partial charge < -0.3 is 24.3 Å². The van der Waals surface area contributed by atoms with Crippen molar-refractivity contribution in [1.82, 2.24) is 10.2 Å². The van der Waals surface area contributed by atoms with E-state index in [4.69, 9.17) is 18.9 Å². The molecule has 0 unspecified atom stereocenters. The second-order valence-corrected chi connectivity index (χ2v) is 6.09. The molecule has 0 saturated heterocycles. The maximum absolute atomic E-state index is 11.6. The molecule has 0 saturated carbocycles. The van der Waals surface area contributed by atoms with Gasteiger partial charge >= 0.3 is 17.9 Å². The smallest absolute Gasteiger partial charge is 0.332 e. The zero-order valence-corrected chi connectivity index (χ0v) is 17.2. The predicted octanol–water partition coefficient (Wildman–Crippen LogP) is -0.930. The monoisotopic (exact) mass is 418 g/mol. The largest absolute Gasteiger partial charge is 0.465 e. The molecule has 1 N–H and O–H groups in total. The number of nitrogens with zero attached hydrogens (tertiary/aromatic N) is 1. The van der Waals surface area contributed by atoms with Gasteiger partial charge in [-0.15, -0.1) is 0 Å². The molecule has 11 nitrogen and oxygen atoms in total. The summed E-state index contributed by atoms with van der Waals surface area (Å²) in [4.78, 5) is 57.4. The Morgan fingerprint density at radius 2 is 1.34 bits per heavy atom. The van der Waals surface area contributed by atoms with Crippen LogP contribution in [0.4, 0.5) is 0 Å². The Balaban J connectivity index is 3.86. The Hall–Kier alpha value is -2.53. The van der Waals surface area contributed by atoms with Crippen LogP contribution in [0.1, 0.15) is 27.2 Å². The Morgan fingerprint density at radius 1 is 0.793 bits per heavy atom. The highest BCUT2D eigenvalue weighted by Gasteiger charge is 2.11. The number of rotatable bonds is 16. The molecule has 1 amide bonds. The molecular weight excluding hydrogens is 388 g/mol. The standard InChI is InChI=1S/C18H30N2O9/c1-14(21)11-20(6-9-27-16(3)23)7-10-29-18(25)13-26-12-17(24)28-8-4-5-19-15(2)22/h4-13H2,1-3H3,(H,19,22). The minimum atomic E-state index is -0.661. The number of ketones is 1. The molecule has 0 spiro atoms. The highest BCUT2D eigenvalue weighted by molar-refractivity contribution is 5.77. The topological polar surface area (TPSA) is 138 Å². The molecule has 0 aliphatic carbocycles. The number of carbonyl (C=O) groups is 5. The van der Waals surface area contributed by atoms with Crippen molar-refractivity contribution in [2.24, 2.45) is 0 Å². The second kappa shape index (κ2) is 16.4. The summed E-state index contributed by atoms with van der Waals surface area (Å²) >= 11 is 0. The van der Waals surface area contributed by atoms with Crippen LogP contribution in [0.5, 0.6) is 0 Å². The van der Waals surface area contributed by atoms with Crippen LogP contribution in [0.15, 0.2) is 0 Å². The van der Waals surface area contributed by atoms with Gasteiger partial charge in [0.15, 0.2) is 0 Å². The number of esters is 3. The maximum atomic E-state index is 11.6. The summed E-state index contributed by atoms with van der Waals surface area (Å²) in [6, 6.07) is 0. The summed E-state index contributed by atoms with van der Waals surface area (Å²) in [6.07, 6.45) is 0.474. The van der Waals surface area contributed by atoms with Crippen LogP contribution in [0, 0.1) is 0 Å². The fourth-order valence-corrected chi connectivity index (χ4v) is 2.02. The molecule has 166 valence electrons. The van der Waals surface area contributed by atoms with E-state index in [9.17, 15) is 24.0 Å². The molecule has 0 fully saturated rings. The zero-order valence-electron chi connectivity index (χ0n) is 17.2. The van der Waals surface area contributed by atoms with Crippen molar-refractivity contribution in [3.8, 4) is 0 Å². The third kappa shape index (κ3) is 18.6. The van der Waals surface area contributed by atoms with Gasteiger partial charge in [0.25, 0.3) is 0 Å². The minimum Gasteiger partial charge on any atom is -0.465 e. The molecule has 0 aliphatic rings. The van der Waals surface area contributed by atoms with Crippen molar-refractivity contribution in [3.05, 3.63) is 0 Å².